The van der Waals surface area contributed by atoms with E-state index in [4.69, 9.17) is 5.26 Å². The van der Waals surface area contributed by atoms with E-state index in [1.807, 2.05) is 0 Å². The minimum Gasteiger partial charge on any atom is -0.391 e. The summed E-state index contributed by atoms with van der Waals surface area (Å²) in [6, 6.07) is 1.81. The molecule has 0 amide bonds. The Bertz CT molecular complexity index is 258. The monoisotopic (exact) mass is 152 g/mol. The zero-order valence-electron chi connectivity index (χ0n) is 6.32. The second-order valence-electron chi connectivity index (χ2n) is 2.35. The van der Waals surface area contributed by atoms with E-state index in [1.54, 1.807) is 19.2 Å². The van der Waals surface area contributed by atoms with E-state index < -0.39 is 0 Å². The molecule has 0 aromatic carbocycles. The smallest absolute Gasteiger partial charge is 0.118 e. The molecular weight excluding hydrogens is 143 g/mol. The van der Waals surface area contributed by atoms with E-state index in [1.165, 1.54) is 0 Å². The van der Waals surface area contributed by atoms with Gasteiger partial charge in [0.2, 0.25) is 0 Å². The van der Waals surface area contributed by atoms with Crippen LogP contribution >= 0.6 is 0 Å². The number of halogens is 1. The van der Waals surface area contributed by atoms with Gasteiger partial charge in [-0.1, -0.05) is 0 Å². The fourth-order valence-electron chi connectivity index (χ4n) is 0.994. The van der Waals surface area contributed by atoms with E-state index in [0.29, 0.717) is 12.8 Å². The Labute approximate surface area is 65.0 Å². The molecule has 0 spiro atoms. The number of nitriles is 1. The van der Waals surface area contributed by atoms with Crippen LogP contribution in [0.25, 0.3) is 0 Å². The van der Waals surface area contributed by atoms with Gasteiger partial charge in [-0.2, -0.15) is 5.26 Å². The maximum Gasteiger partial charge on any atom is 0.118 e. The number of hydrogen-bond acceptors (Lipinski definition) is 2. The predicted octanol–water partition coefficient (Wildman–Crippen LogP) is 1.63. The molecule has 0 saturated carbocycles. The first-order chi connectivity index (χ1) is 5.27. The van der Waals surface area contributed by atoms with Crippen molar-refractivity contribution in [2.24, 2.45) is 0 Å². The average Bonchev–Trinajstić information content (AvgIpc) is 2.05. The van der Waals surface area contributed by atoms with Gasteiger partial charge < -0.3 is 5.32 Å². The highest BCUT2D eigenvalue weighted by molar-refractivity contribution is 5.40. The zero-order chi connectivity index (χ0) is 8.27. The number of allylic oxidation sites excluding steroid dienone is 4. The van der Waals surface area contributed by atoms with E-state index in [-0.39, 0.29) is 11.4 Å². The first kappa shape index (κ1) is 7.80. The molecule has 0 bridgehead atoms. The Morgan fingerprint density at radius 2 is 2.36 bits per heavy atom. The highest BCUT2D eigenvalue weighted by atomic mass is 19.1. The van der Waals surface area contributed by atoms with Gasteiger partial charge >= 0.3 is 0 Å². The lowest BCUT2D eigenvalue weighted by atomic mass is 10.0. The highest BCUT2D eigenvalue weighted by Gasteiger charge is 2.11. The third kappa shape index (κ3) is 1.58. The summed E-state index contributed by atoms with van der Waals surface area (Å²) in [4.78, 5) is 0. The lowest BCUT2D eigenvalue weighted by molar-refractivity contribution is 0.569. The summed E-state index contributed by atoms with van der Waals surface area (Å²) in [6.07, 6.45) is 2.56. The Morgan fingerprint density at radius 1 is 1.64 bits per heavy atom. The Kier molecular flexibility index (Phi) is 2.27. The van der Waals surface area contributed by atoms with Gasteiger partial charge in [0.1, 0.15) is 11.9 Å². The van der Waals surface area contributed by atoms with Gasteiger partial charge in [0.15, 0.2) is 0 Å². The molecule has 1 rings (SSSR count). The Morgan fingerprint density at radius 3 is 2.91 bits per heavy atom. The van der Waals surface area contributed by atoms with Crippen LogP contribution in [0.4, 0.5) is 4.39 Å². The van der Waals surface area contributed by atoms with Crippen LogP contribution in [0.15, 0.2) is 23.2 Å². The van der Waals surface area contributed by atoms with Gasteiger partial charge in [-0.15, -0.1) is 0 Å². The van der Waals surface area contributed by atoms with Crippen molar-refractivity contribution < 1.29 is 4.39 Å². The van der Waals surface area contributed by atoms with Crippen molar-refractivity contribution in [3.63, 3.8) is 0 Å². The van der Waals surface area contributed by atoms with Crippen LogP contribution in [0.5, 0.6) is 0 Å². The molecule has 0 radical (unpaired) electrons. The van der Waals surface area contributed by atoms with E-state index >= 15 is 0 Å². The lowest BCUT2D eigenvalue weighted by Gasteiger charge is -2.10. The first-order valence-electron chi connectivity index (χ1n) is 3.45. The molecule has 58 valence electrons. The molecule has 0 aromatic heterocycles. The highest BCUT2D eigenvalue weighted by Crippen LogP contribution is 2.22. The molecule has 11 heavy (non-hydrogen) atoms. The van der Waals surface area contributed by atoms with Crippen LogP contribution in [0.3, 0.4) is 0 Å². The summed E-state index contributed by atoms with van der Waals surface area (Å²) >= 11 is 0. The zero-order valence-corrected chi connectivity index (χ0v) is 6.32. The topological polar surface area (TPSA) is 35.8 Å². The molecule has 0 atom stereocenters. The minimum absolute atomic E-state index is 0.153. The van der Waals surface area contributed by atoms with Crippen molar-refractivity contribution in [3.05, 3.63) is 23.2 Å². The largest absolute Gasteiger partial charge is 0.391 e. The molecule has 0 unspecified atom stereocenters. The SMILES string of the molecule is CNC1=CC(C#N)=C(F)CC1. The van der Waals surface area contributed by atoms with Gasteiger partial charge in [0.05, 0.1) is 5.57 Å². The third-order valence-corrected chi connectivity index (χ3v) is 1.67. The maximum absolute atomic E-state index is 12.7. The summed E-state index contributed by atoms with van der Waals surface area (Å²) in [5, 5.41) is 11.4. The quantitative estimate of drug-likeness (QED) is 0.619. The standard InChI is InChI=1S/C8H9FN2/c1-11-7-2-3-8(9)6(4-7)5-10/h4,11H,2-3H2,1H3. The van der Waals surface area contributed by atoms with Crippen LogP contribution < -0.4 is 5.32 Å². The van der Waals surface area contributed by atoms with Crippen LogP contribution in [-0.2, 0) is 0 Å². The number of nitrogens with one attached hydrogen (secondary N) is 1. The molecule has 1 aliphatic carbocycles. The van der Waals surface area contributed by atoms with Crippen LogP contribution in [0.2, 0.25) is 0 Å². The Balaban J connectivity index is 2.89. The molecule has 0 heterocycles. The molecule has 1 aliphatic rings. The minimum atomic E-state index is -0.300. The molecule has 3 heteroatoms. The van der Waals surface area contributed by atoms with E-state index in [2.05, 4.69) is 5.32 Å². The number of nitrogens with zero attached hydrogens (tertiary/aromatic N) is 1. The summed E-state index contributed by atoms with van der Waals surface area (Å²) in [5.74, 6) is -0.300. The van der Waals surface area contributed by atoms with Crippen molar-refractivity contribution in [2.45, 2.75) is 12.8 Å². The number of rotatable bonds is 1. The van der Waals surface area contributed by atoms with Crippen molar-refractivity contribution in [3.8, 4) is 6.07 Å². The number of hydrogen-bond donors (Lipinski definition) is 1. The van der Waals surface area contributed by atoms with Gasteiger partial charge in [-0.05, 0) is 12.5 Å². The molecule has 2 nitrogen and oxygen atoms in total. The van der Waals surface area contributed by atoms with Gasteiger partial charge in [-0.3, -0.25) is 0 Å². The maximum atomic E-state index is 12.7. The summed E-state index contributed by atoms with van der Waals surface area (Å²) in [5.41, 5.74) is 1.07. The lowest BCUT2D eigenvalue weighted by Crippen LogP contribution is -2.09. The normalized spacial score (nSPS) is 17.4. The summed E-state index contributed by atoms with van der Waals surface area (Å²) in [6.45, 7) is 0. The van der Waals surface area contributed by atoms with Gasteiger partial charge in [0, 0.05) is 19.2 Å². The second kappa shape index (κ2) is 3.20. The third-order valence-electron chi connectivity index (χ3n) is 1.67. The molecule has 1 N–H and O–H groups in total. The fourth-order valence-corrected chi connectivity index (χ4v) is 0.994. The molecule has 0 fully saturated rings. The summed E-state index contributed by atoms with van der Waals surface area (Å²) < 4.78 is 12.7. The van der Waals surface area contributed by atoms with Gasteiger partial charge in [-0.25, -0.2) is 4.39 Å². The van der Waals surface area contributed by atoms with Crippen molar-refractivity contribution in [1.82, 2.24) is 5.32 Å². The molecule has 0 saturated heterocycles. The predicted molar refractivity (Wildman–Crippen MR) is 40.1 cm³/mol. The van der Waals surface area contributed by atoms with Crippen molar-refractivity contribution >= 4 is 0 Å². The van der Waals surface area contributed by atoms with Crippen LogP contribution in [0.1, 0.15) is 12.8 Å². The average molecular weight is 152 g/mol. The molecular formula is C8H9FN2. The molecule has 0 aromatic rings. The Hall–Kier alpha value is -1.30. The van der Waals surface area contributed by atoms with Gasteiger partial charge in [0.25, 0.3) is 0 Å². The fraction of sp³-hybridized carbons (Fsp3) is 0.375. The van der Waals surface area contributed by atoms with Crippen molar-refractivity contribution in [2.75, 3.05) is 7.05 Å². The second-order valence-corrected chi connectivity index (χ2v) is 2.35. The van der Waals surface area contributed by atoms with Crippen molar-refractivity contribution in [1.29, 1.82) is 5.26 Å². The van der Waals surface area contributed by atoms with E-state index in [0.717, 1.165) is 5.70 Å². The van der Waals surface area contributed by atoms with Crippen LogP contribution in [0, 0.1) is 11.3 Å². The molecule has 0 aliphatic heterocycles. The van der Waals surface area contributed by atoms with Crippen LogP contribution in [-0.4, -0.2) is 7.05 Å². The van der Waals surface area contributed by atoms with E-state index in [9.17, 15) is 4.39 Å². The summed E-state index contributed by atoms with van der Waals surface area (Å²) in [7, 11) is 1.77. The first-order valence-corrected chi connectivity index (χ1v) is 3.45.